The SMILES string of the molecule is COCCOc1cc(N2CC(C)n3c(c(CCCOc4cc(C)c(Cl)c(C)c4)c4ccc(Cl)c(-c5c(C)ncnc5C)c43)C2=O)c2c(c1)cc(C(=O)O)n2Cc1cc(C)ccn1. The molecular weight excluding hydrogens is 827 g/mol. The lowest BCUT2D eigenvalue weighted by Crippen LogP contribution is -2.43. The largest absolute Gasteiger partial charge is 0.494 e. The van der Waals surface area contributed by atoms with E-state index in [2.05, 4.69) is 26.4 Å². The topological polar surface area (TPSA) is 134 Å². The van der Waals surface area contributed by atoms with Crippen LogP contribution >= 0.6 is 23.2 Å². The minimum atomic E-state index is -1.10. The highest BCUT2D eigenvalue weighted by atomic mass is 35.5. The maximum atomic E-state index is 15.7. The van der Waals surface area contributed by atoms with E-state index in [0.29, 0.717) is 69.8 Å². The van der Waals surface area contributed by atoms with Crippen molar-refractivity contribution in [2.75, 3.05) is 38.4 Å². The molecule has 0 radical (unpaired) electrons. The van der Waals surface area contributed by atoms with E-state index in [1.165, 1.54) is 0 Å². The van der Waals surface area contributed by atoms with E-state index in [4.69, 9.17) is 37.4 Å². The molecule has 3 aromatic carbocycles. The molecule has 1 atom stereocenters. The normalized spacial score (nSPS) is 13.9. The average molecular weight is 876 g/mol. The van der Waals surface area contributed by atoms with Crippen LogP contribution in [-0.4, -0.2) is 74.5 Å². The number of carbonyl (C=O) groups excluding carboxylic acids is 1. The molecule has 7 aromatic rings. The van der Waals surface area contributed by atoms with Crippen LogP contribution in [0, 0.1) is 34.6 Å². The molecule has 12 nitrogen and oxygen atoms in total. The minimum absolute atomic E-state index is 0.0621. The number of aryl methyl sites for hydroxylation is 6. The zero-order chi connectivity index (χ0) is 44.0. The Balaban J connectivity index is 1.31. The molecule has 1 N–H and O–H groups in total. The second kappa shape index (κ2) is 17.4. The number of anilines is 1. The van der Waals surface area contributed by atoms with Crippen molar-refractivity contribution in [3.05, 3.63) is 128 Å². The first kappa shape index (κ1) is 42.7. The molecule has 1 unspecified atom stereocenters. The molecule has 320 valence electrons. The van der Waals surface area contributed by atoms with Crippen molar-refractivity contribution < 1.29 is 28.9 Å². The molecule has 8 rings (SSSR count). The predicted molar refractivity (Wildman–Crippen MR) is 243 cm³/mol. The number of aromatic nitrogens is 5. The van der Waals surface area contributed by atoms with E-state index in [1.54, 1.807) is 35.2 Å². The van der Waals surface area contributed by atoms with Gasteiger partial charge in [-0.2, -0.15) is 0 Å². The van der Waals surface area contributed by atoms with Gasteiger partial charge >= 0.3 is 5.97 Å². The standard InChI is InChI=1S/C48H48Cl2N6O6/c1-26-12-13-51-33(17-26)24-54-40(48(58)59)21-32-20-35(62-16-15-60-7)22-39(44(32)54)55-23-29(4)56-45-37(10-11-38(49)42(45)41-30(5)52-25-53-31(41)6)36(46(56)47(55)57)9-8-14-61-34-18-27(2)43(50)28(3)19-34/h10-13,17-22,25,29H,8-9,14-16,23-24H2,1-7H3,(H,58,59). The fourth-order valence-electron chi connectivity index (χ4n) is 8.84. The summed E-state index contributed by atoms with van der Waals surface area (Å²) in [7, 11) is 1.60. The zero-order valence-corrected chi connectivity index (χ0v) is 37.3. The van der Waals surface area contributed by atoms with Crippen LogP contribution in [0.15, 0.2) is 67.1 Å². The van der Waals surface area contributed by atoms with Gasteiger partial charge in [0.15, 0.2) is 0 Å². The van der Waals surface area contributed by atoms with Crippen molar-refractivity contribution in [3.8, 4) is 22.6 Å². The first-order valence-electron chi connectivity index (χ1n) is 20.6. The molecular formula is C48H48Cl2N6O6. The van der Waals surface area contributed by atoms with Gasteiger partial charge in [0, 0.05) is 70.3 Å². The summed E-state index contributed by atoms with van der Waals surface area (Å²) in [6.45, 7) is 13.3. The number of halogens is 2. The summed E-state index contributed by atoms with van der Waals surface area (Å²) in [5, 5.41) is 13.3. The van der Waals surface area contributed by atoms with E-state index in [9.17, 15) is 9.90 Å². The van der Waals surface area contributed by atoms with Crippen molar-refractivity contribution in [1.82, 2.24) is 24.1 Å². The van der Waals surface area contributed by atoms with Gasteiger partial charge in [-0.3, -0.25) is 9.78 Å². The predicted octanol–water partition coefficient (Wildman–Crippen LogP) is 10.3. The van der Waals surface area contributed by atoms with Crippen LogP contribution in [0.5, 0.6) is 11.5 Å². The molecule has 4 aromatic heterocycles. The van der Waals surface area contributed by atoms with Gasteiger partial charge in [0.2, 0.25) is 0 Å². The van der Waals surface area contributed by atoms with Gasteiger partial charge < -0.3 is 33.4 Å². The Morgan fingerprint density at radius 3 is 2.26 bits per heavy atom. The Morgan fingerprint density at radius 2 is 1.56 bits per heavy atom. The number of carbonyl (C=O) groups is 2. The molecule has 0 saturated carbocycles. The van der Waals surface area contributed by atoms with Crippen LogP contribution in [0.4, 0.5) is 5.69 Å². The number of benzene rings is 3. The van der Waals surface area contributed by atoms with E-state index < -0.39 is 5.97 Å². The summed E-state index contributed by atoms with van der Waals surface area (Å²) < 4.78 is 21.6. The molecule has 5 heterocycles. The highest BCUT2D eigenvalue weighted by molar-refractivity contribution is 6.35. The van der Waals surface area contributed by atoms with Crippen LogP contribution in [0.25, 0.3) is 32.9 Å². The molecule has 0 fully saturated rings. The second-order valence-electron chi connectivity index (χ2n) is 16.0. The number of amides is 1. The maximum Gasteiger partial charge on any atom is 0.352 e. The second-order valence-corrected chi connectivity index (χ2v) is 16.8. The van der Waals surface area contributed by atoms with Gasteiger partial charge in [0.05, 0.1) is 47.2 Å². The minimum Gasteiger partial charge on any atom is -0.494 e. The van der Waals surface area contributed by atoms with Gasteiger partial charge in [-0.25, -0.2) is 14.8 Å². The van der Waals surface area contributed by atoms with Crippen molar-refractivity contribution in [2.24, 2.45) is 0 Å². The van der Waals surface area contributed by atoms with E-state index in [-0.39, 0.29) is 37.3 Å². The fourth-order valence-corrected chi connectivity index (χ4v) is 9.20. The highest BCUT2D eigenvalue weighted by Gasteiger charge is 2.38. The number of hydrogen-bond acceptors (Lipinski definition) is 8. The maximum absolute atomic E-state index is 15.7. The van der Waals surface area contributed by atoms with Crippen LogP contribution in [0.2, 0.25) is 10.0 Å². The lowest BCUT2D eigenvalue weighted by atomic mass is 9.97. The lowest BCUT2D eigenvalue weighted by Gasteiger charge is -2.35. The number of hydrogen-bond donors (Lipinski definition) is 1. The molecule has 0 saturated heterocycles. The monoisotopic (exact) mass is 874 g/mol. The van der Waals surface area contributed by atoms with Gasteiger partial charge in [-0.15, -0.1) is 0 Å². The van der Waals surface area contributed by atoms with Gasteiger partial charge in [0.25, 0.3) is 5.91 Å². The number of pyridine rings is 1. The van der Waals surface area contributed by atoms with Crippen LogP contribution < -0.4 is 14.4 Å². The Bertz CT molecular complexity index is 2860. The number of rotatable bonds is 14. The van der Waals surface area contributed by atoms with E-state index in [0.717, 1.165) is 61.4 Å². The third-order valence-electron chi connectivity index (χ3n) is 11.6. The van der Waals surface area contributed by atoms with Crippen molar-refractivity contribution in [3.63, 3.8) is 0 Å². The van der Waals surface area contributed by atoms with Crippen molar-refractivity contribution in [1.29, 1.82) is 0 Å². The molecule has 1 amide bonds. The van der Waals surface area contributed by atoms with E-state index >= 15 is 4.79 Å². The number of ether oxygens (including phenoxy) is 3. The third-order valence-corrected chi connectivity index (χ3v) is 12.5. The number of methoxy groups -OCH3 is 1. The van der Waals surface area contributed by atoms with Crippen molar-refractivity contribution in [2.45, 2.75) is 67.0 Å². The summed E-state index contributed by atoms with van der Waals surface area (Å²) >= 11 is 13.6. The first-order chi connectivity index (χ1) is 29.8. The number of fused-ring (bicyclic) bond motifs is 4. The fraction of sp³-hybridized carbons (Fsp3) is 0.312. The van der Waals surface area contributed by atoms with Crippen LogP contribution in [-0.2, 0) is 17.7 Å². The van der Waals surface area contributed by atoms with Crippen LogP contribution in [0.1, 0.15) is 79.7 Å². The molecule has 62 heavy (non-hydrogen) atoms. The lowest BCUT2D eigenvalue weighted by molar-refractivity contribution is 0.0686. The molecule has 0 aliphatic carbocycles. The molecule has 1 aliphatic heterocycles. The Hall–Kier alpha value is -5.95. The first-order valence-corrected chi connectivity index (χ1v) is 21.3. The van der Waals surface area contributed by atoms with Gasteiger partial charge in [-0.1, -0.05) is 29.3 Å². The van der Waals surface area contributed by atoms with Crippen molar-refractivity contribution >= 4 is 62.6 Å². The smallest absolute Gasteiger partial charge is 0.352 e. The van der Waals surface area contributed by atoms with E-state index in [1.807, 2.05) is 83.1 Å². The molecule has 14 heteroatoms. The Labute approximate surface area is 370 Å². The number of carboxylic acids is 1. The number of nitrogens with zero attached hydrogens (tertiary/aromatic N) is 6. The average Bonchev–Trinajstić information content (AvgIpc) is 3.76. The van der Waals surface area contributed by atoms with Crippen LogP contribution in [0.3, 0.4) is 0 Å². The zero-order valence-electron chi connectivity index (χ0n) is 35.8. The highest BCUT2D eigenvalue weighted by Crippen LogP contribution is 2.46. The summed E-state index contributed by atoms with van der Waals surface area (Å²) in [6, 6.07) is 16.6. The van der Waals surface area contributed by atoms with Gasteiger partial charge in [0.1, 0.15) is 35.8 Å². The summed E-state index contributed by atoms with van der Waals surface area (Å²) in [4.78, 5) is 44.0. The quantitative estimate of drug-likeness (QED) is 0.106. The number of carboxylic acid groups (broad SMARTS) is 1. The molecule has 0 bridgehead atoms. The number of aromatic carboxylic acids is 1. The molecule has 0 spiro atoms. The Morgan fingerprint density at radius 1 is 0.855 bits per heavy atom. The van der Waals surface area contributed by atoms with Gasteiger partial charge in [-0.05, 0) is 119 Å². The summed E-state index contributed by atoms with van der Waals surface area (Å²) in [5.74, 6) is -0.136. The summed E-state index contributed by atoms with van der Waals surface area (Å²) in [6.07, 6.45) is 4.36. The Kier molecular flexibility index (Phi) is 12.0. The third kappa shape index (κ3) is 7.87. The summed E-state index contributed by atoms with van der Waals surface area (Å²) in [5.41, 5.74) is 10.0. The molecule has 1 aliphatic rings.